The molecule has 3 nitrogen and oxygen atoms in total. The molecule has 0 saturated heterocycles. The fourth-order valence-corrected chi connectivity index (χ4v) is 2.36. The van der Waals surface area contributed by atoms with Gasteiger partial charge in [0.05, 0.1) is 6.42 Å². The van der Waals surface area contributed by atoms with Gasteiger partial charge in [0.1, 0.15) is 12.1 Å². The summed E-state index contributed by atoms with van der Waals surface area (Å²) in [5.74, 6) is -1.28. The number of halogens is 1. The Morgan fingerprint density at radius 1 is 1.56 bits per heavy atom. The molecule has 0 aromatic heterocycles. The molecule has 1 aromatic carbocycles. The van der Waals surface area contributed by atoms with Crippen molar-refractivity contribution < 1.29 is 19.1 Å². The molecule has 1 unspecified atom stereocenters. The van der Waals surface area contributed by atoms with Crippen LogP contribution in [0.3, 0.4) is 0 Å². The number of aryl methyl sites for hydroxylation is 1. The summed E-state index contributed by atoms with van der Waals surface area (Å²) in [5.41, 5.74) is 1.36. The molecule has 0 amide bonds. The Balaban J connectivity index is 2.42. The highest BCUT2D eigenvalue weighted by molar-refractivity contribution is 5.79. The van der Waals surface area contributed by atoms with E-state index in [4.69, 9.17) is 5.11 Å². The van der Waals surface area contributed by atoms with Crippen LogP contribution >= 0.6 is 0 Å². The van der Waals surface area contributed by atoms with Crippen LogP contribution < -0.4 is 0 Å². The molecule has 2 rings (SSSR count). The van der Waals surface area contributed by atoms with Gasteiger partial charge >= 0.3 is 5.97 Å². The Hall–Kier alpha value is -1.71. The molecule has 4 heteroatoms. The second-order valence-corrected chi connectivity index (χ2v) is 4.89. The summed E-state index contributed by atoms with van der Waals surface area (Å²) in [6, 6.07) is 2.82. The monoisotopic (exact) mass is 250 g/mol. The van der Waals surface area contributed by atoms with Crippen LogP contribution in [0.2, 0.25) is 0 Å². The van der Waals surface area contributed by atoms with Gasteiger partial charge < -0.3 is 5.11 Å². The normalized spacial score (nSPS) is 16.3. The number of hydrogen-bond donors (Lipinski definition) is 1. The lowest BCUT2D eigenvalue weighted by atomic mass is 9.87. The largest absolute Gasteiger partial charge is 0.481 e. The van der Waals surface area contributed by atoms with Crippen LogP contribution in [0.5, 0.6) is 0 Å². The molecule has 0 bridgehead atoms. The molecular weight excluding hydrogens is 235 g/mol. The van der Waals surface area contributed by atoms with Gasteiger partial charge in [-0.1, -0.05) is 0 Å². The van der Waals surface area contributed by atoms with Crippen molar-refractivity contribution in [2.45, 2.75) is 32.1 Å². The number of carboxylic acid groups (broad SMARTS) is 1. The van der Waals surface area contributed by atoms with E-state index in [0.29, 0.717) is 23.0 Å². The molecule has 0 heterocycles. The van der Waals surface area contributed by atoms with Crippen LogP contribution in [0.25, 0.3) is 0 Å². The summed E-state index contributed by atoms with van der Waals surface area (Å²) in [5, 5.41) is 8.93. The number of carbonyl (C=O) groups is 2. The number of rotatable bonds is 5. The molecular formula is C14H15FO3. The molecule has 0 spiro atoms. The van der Waals surface area contributed by atoms with E-state index in [1.165, 1.54) is 12.1 Å². The number of aldehydes is 1. The fourth-order valence-electron chi connectivity index (χ4n) is 2.36. The third-order valence-corrected chi connectivity index (χ3v) is 3.48. The Morgan fingerprint density at radius 2 is 2.22 bits per heavy atom. The zero-order valence-electron chi connectivity index (χ0n) is 10.1. The van der Waals surface area contributed by atoms with Crippen molar-refractivity contribution in [1.29, 1.82) is 0 Å². The van der Waals surface area contributed by atoms with E-state index in [-0.39, 0.29) is 24.1 Å². The fraction of sp³-hybridized carbons (Fsp3) is 0.429. The minimum Gasteiger partial charge on any atom is -0.481 e. The first kappa shape index (κ1) is 12.7. The first-order valence-corrected chi connectivity index (χ1v) is 6.00. The van der Waals surface area contributed by atoms with Gasteiger partial charge in [-0.15, -0.1) is 0 Å². The summed E-state index contributed by atoms with van der Waals surface area (Å²) < 4.78 is 13.6. The molecule has 1 aromatic rings. The summed E-state index contributed by atoms with van der Waals surface area (Å²) in [6.45, 7) is 1.59. The van der Waals surface area contributed by atoms with Gasteiger partial charge in [-0.25, -0.2) is 4.39 Å². The minimum absolute atomic E-state index is 0.0476. The van der Waals surface area contributed by atoms with Crippen molar-refractivity contribution >= 4 is 12.3 Å². The van der Waals surface area contributed by atoms with E-state index in [1.807, 2.05) is 0 Å². The van der Waals surface area contributed by atoms with Gasteiger partial charge in [0.25, 0.3) is 0 Å². The lowest BCUT2D eigenvalue weighted by molar-refractivity contribution is -0.137. The van der Waals surface area contributed by atoms with Crippen LogP contribution in [0, 0.1) is 18.7 Å². The van der Waals surface area contributed by atoms with E-state index in [9.17, 15) is 14.0 Å². The SMILES string of the molecule is Cc1cc(C=O)c(C(CC(=O)O)C2CC2)cc1F. The van der Waals surface area contributed by atoms with Gasteiger partial charge in [-0.2, -0.15) is 0 Å². The number of hydrogen-bond acceptors (Lipinski definition) is 2. The van der Waals surface area contributed by atoms with Gasteiger partial charge in [-0.3, -0.25) is 9.59 Å². The van der Waals surface area contributed by atoms with E-state index < -0.39 is 5.97 Å². The van der Waals surface area contributed by atoms with E-state index in [1.54, 1.807) is 6.92 Å². The minimum atomic E-state index is -0.912. The Morgan fingerprint density at radius 3 is 2.72 bits per heavy atom. The van der Waals surface area contributed by atoms with Crippen LogP contribution in [-0.4, -0.2) is 17.4 Å². The number of carboxylic acids is 1. The molecule has 1 aliphatic carbocycles. The summed E-state index contributed by atoms with van der Waals surface area (Å²) in [4.78, 5) is 21.9. The number of benzene rings is 1. The Labute approximate surface area is 105 Å². The van der Waals surface area contributed by atoms with Crippen molar-refractivity contribution in [3.63, 3.8) is 0 Å². The summed E-state index contributed by atoms with van der Waals surface area (Å²) >= 11 is 0. The molecule has 1 atom stereocenters. The van der Waals surface area contributed by atoms with Crippen LogP contribution in [0.4, 0.5) is 4.39 Å². The highest BCUT2D eigenvalue weighted by Crippen LogP contribution is 2.45. The average molecular weight is 250 g/mol. The lowest BCUT2D eigenvalue weighted by Crippen LogP contribution is -2.11. The summed E-state index contributed by atoms with van der Waals surface area (Å²) in [6.07, 6.45) is 2.53. The maximum atomic E-state index is 13.6. The highest BCUT2D eigenvalue weighted by Gasteiger charge is 2.35. The maximum Gasteiger partial charge on any atom is 0.303 e. The predicted molar refractivity (Wildman–Crippen MR) is 64.2 cm³/mol. The predicted octanol–water partition coefficient (Wildman–Crippen LogP) is 2.91. The molecule has 1 aliphatic rings. The quantitative estimate of drug-likeness (QED) is 0.817. The van der Waals surface area contributed by atoms with Crippen molar-refractivity contribution in [2.24, 2.45) is 5.92 Å². The standard InChI is InChI=1S/C14H15FO3/c1-8-4-10(7-16)11(5-13(8)15)12(6-14(17)18)9-2-3-9/h4-5,7,9,12H,2-3,6H2,1H3,(H,17,18). The van der Waals surface area contributed by atoms with E-state index >= 15 is 0 Å². The van der Waals surface area contributed by atoms with Gasteiger partial charge in [-0.05, 0) is 54.9 Å². The molecule has 0 radical (unpaired) electrons. The molecule has 96 valence electrons. The second-order valence-electron chi connectivity index (χ2n) is 4.89. The molecule has 1 fully saturated rings. The average Bonchev–Trinajstić information content (AvgIpc) is 3.13. The van der Waals surface area contributed by atoms with Gasteiger partial charge in [0.2, 0.25) is 0 Å². The second kappa shape index (κ2) is 4.88. The van der Waals surface area contributed by atoms with E-state index in [2.05, 4.69) is 0 Å². The number of aliphatic carboxylic acids is 1. The maximum absolute atomic E-state index is 13.6. The zero-order valence-corrected chi connectivity index (χ0v) is 10.1. The van der Waals surface area contributed by atoms with Gasteiger partial charge in [0, 0.05) is 5.56 Å². The third kappa shape index (κ3) is 2.58. The molecule has 1 N–H and O–H groups in total. The smallest absolute Gasteiger partial charge is 0.303 e. The molecule has 0 aliphatic heterocycles. The van der Waals surface area contributed by atoms with Crippen LogP contribution in [0.1, 0.15) is 46.7 Å². The molecule has 18 heavy (non-hydrogen) atoms. The van der Waals surface area contributed by atoms with Crippen molar-refractivity contribution in [3.05, 3.63) is 34.6 Å². The zero-order chi connectivity index (χ0) is 13.3. The first-order chi connectivity index (χ1) is 8.52. The van der Waals surface area contributed by atoms with Gasteiger partial charge in [0.15, 0.2) is 0 Å². The van der Waals surface area contributed by atoms with E-state index in [0.717, 1.165) is 12.8 Å². The topological polar surface area (TPSA) is 54.4 Å². The highest BCUT2D eigenvalue weighted by atomic mass is 19.1. The molecule has 1 saturated carbocycles. The summed E-state index contributed by atoms with van der Waals surface area (Å²) in [7, 11) is 0. The van der Waals surface area contributed by atoms with Crippen molar-refractivity contribution in [3.8, 4) is 0 Å². The lowest BCUT2D eigenvalue weighted by Gasteiger charge is -2.17. The third-order valence-electron chi connectivity index (χ3n) is 3.48. The van der Waals surface area contributed by atoms with Crippen LogP contribution in [0.15, 0.2) is 12.1 Å². The Bertz CT molecular complexity index is 492. The van der Waals surface area contributed by atoms with Crippen molar-refractivity contribution in [2.75, 3.05) is 0 Å². The first-order valence-electron chi connectivity index (χ1n) is 6.00. The van der Waals surface area contributed by atoms with Crippen molar-refractivity contribution in [1.82, 2.24) is 0 Å². The number of carbonyl (C=O) groups excluding carboxylic acids is 1. The Kier molecular flexibility index (Phi) is 3.45. The van der Waals surface area contributed by atoms with Crippen LogP contribution in [-0.2, 0) is 4.79 Å².